The van der Waals surface area contributed by atoms with Crippen LogP contribution in [-0.4, -0.2) is 15.1 Å². The van der Waals surface area contributed by atoms with Gasteiger partial charge in [0, 0.05) is 17.5 Å². The topological polar surface area (TPSA) is 69.8 Å². The van der Waals surface area contributed by atoms with E-state index in [2.05, 4.69) is 16.0 Å². The smallest absolute Gasteiger partial charge is 0.115 e. The molecule has 0 saturated carbocycles. The van der Waals surface area contributed by atoms with Gasteiger partial charge >= 0.3 is 0 Å². The van der Waals surface area contributed by atoms with Crippen molar-refractivity contribution in [1.82, 2.24) is 9.97 Å². The molecule has 1 heterocycles. The molecule has 0 atom stereocenters. The number of phenols is 1. The molecule has 1 aromatic carbocycles. The van der Waals surface area contributed by atoms with Gasteiger partial charge in [-0.25, -0.2) is 9.97 Å². The molecule has 2 aromatic rings. The Morgan fingerprint density at radius 3 is 2.63 bits per heavy atom. The van der Waals surface area contributed by atoms with E-state index in [-0.39, 0.29) is 5.75 Å². The van der Waals surface area contributed by atoms with Crippen LogP contribution in [0, 0.1) is 18.3 Å². The van der Waals surface area contributed by atoms with Gasteiger partial charge in [-0.3, -0.25) is 0 Å². The van der Waals surface area contributed by atoms with Crippen molar-refractivity contribution in [2.45, 2.75) is 26.2 Å². The van der Waals surface area contributed by atoms with E-state index in [1.54, 1.807) is 24.4 Å². The van der Waals surface area contributed by atoms with Crippen molar-refractivity contribution in [2.75, 3.05) is 0 Å². The molecule has 0 fully saturated rings. The minimum Gasteiger partial charge on any atom is -0.508 e. The Hall–Kier alpha value is -2.41. The lowest BCUT2D eigenvalue weighted by Gasteiger charge is -2.21. The zero-order valence-electron chi connectivity index (χ0n) is 11.2. The second-order valence-electron chi connectivity index (χ2n) is 4.99. The lowest BCUT2D eigenvalue weighted by atomic mass is 9.81. The summed E-state index contributed by atoms with van der Waals surface area (Å²) in [6.45, 7) is 5.54. The van der Waals surface area contributed by atoms with E-state index in [1.807, 2.05) is 20.8 Å². The fourth-order valence-electron chi connectivity index (χ4n) is 2.00. The molecular formula is C15H15N3O. The van der Waals surface area contributed by atoms with Crippen LogP contribution < -0.4 is 0 Å². The first-order valence-electron chi connectivity index (χ1n) is 5.97. The number of aromatic hydroxyl groups is 1. The van der Waals surface area contributed by atoms with Crippen molar-refractivity contribution >= 4 is 0 Å². The Bertz CT molecular complexity index is 657. The first-order valence-corrected chi connectivity index (χ1v) is 5.97. The van der Waals surface area contributed by atoms with Gasteiger partial charge in [0.15, 0.2) is 0 Å². The van der Waals surface area contributed by atoms with Gasteiger partial charge in [0.05, 0.1) is 11.5 Å². The minimum absolute atomic E-state index is 0.150. The standard InChI is InChI=1S/C15H15N3O/c1-10-13(7-17-9-18-10)12-5-4-11(19)6-14(12)15(2,3)8-16/h4-7,9,19H,1-3H3. The number of phenolic OH excluding ortho intramolecular Hbond substituents is 1. The van der Waals surface area contributed by atoms with Crippen molar-refractivity contribution in [3.63, 3.8) is 0 Å². The highest BCUT2D eigenvalue weighted by atomic mass is 16.3. The molecule has 0 bridgehead atoms. The van der Waals surface area contributed by atoms with Crippen molar-refractivity contribution in [2.24, 2.45) is 0 Å². The maximum atomic E-state index is 9.67. The molecule has 0 spiro atoms. The lowest BCUT2D eigenvalue weighted by molar-refractivity contribution is 0.473. The third kappa shape index (κ3) is 2.41. The highest BCUT2D eigenvalue weighted by molar-refractivity contribution is 5.71. The Labute approximate surface area is 112 Å². The van der Waals surface area contributed by atoms with Gasteiger partial charge in [-0.15, -0.1) is 0 Å². The fraction of sp³-hybridized carbons (Fsp3) is 0.267. The monoisotopic (exact) mass is 253 g/mol. The lowest BCUT2D eigenvalue weighted by Crippen LogP contribution is -2.15. The van der Waals surface area contributed by atoms with Gasteiger partial charge in [-0.2, -0.15) is 5.26 Å². The number of aromatic nitrogens is 2. The second-order valence-corrected chi connectivity index (χ2v) is 4.99. The average molecular weight is 253 g/mol. The van der Waals surface area contributed by atoms with Gasteiger partial charge in [-0.05, 0) is 44.0 Å². The predicted molar refractivity (Wildman–Crippen MR) is 72.5 cm³/mol. The van der Waals surface area contributed by atoms with Crippen molar-refractivity contribution in [3.8, 4) is 22.9 Å². The van der Waals surface area contributed by atoms with Crippen LogP contribution in [0.5, 0.6) is 5.75 Å². The molecule has 0 radical (unpaired) electrons. The molecule has 4 nitrogen and oxygen atoms in total. The fourth-order valence-corrected chi connectivity index (χ4v) is 2.00. The Balaban J connectivity index is 2.73. The molecule has 0 amide bonds. The first-order chi connectivity index (χ1) is 8.95. The highest BCUT2D eigenvalue weighted by Gasteiger charge is 2.25. The van der Waals surface area contributed by atoms with Gasteiger partial charge < -0.3 is 5.11 Å². The summed E-state index contributed by atoms with van der Waals surface area (Å²) in [7, 11) is 0. The summed E-state index contributed by atoms with van der Waals surface area (Å²) in [4.78, 5) is 8.21. The van der Waals surface area contributed by atoms with Crippen LogP contribution in [0.2, 0.25) is 0 Å². The Morgan fingerprint density at radius 2 is 2.00 bits per heavy atom. The zero-order valence-corrected chi connectivity index (χ0v) is 11.2. The summed E-state index contributed by atoms with van der Waals surface area (Å²) >= 11 is 0. The van der Waals surface area contributed by atoms with E-state index in [1.165, 1.54) is 6.33 Å². The zero-order chi connectivity index (χ0) is 14.0. The SMILES string of the molecule is Cc1ncncc1-c1ccc(O)cc1C(C)(C)C#N. The molecule has 0 aliphatic rings. The highest BCUT2D eigenvalue weighted by Crippen LogP contribution is 2.35. The summed E-state index contributed by atoms with van der Waals surface area (Å²) in [5, 5.41) is 19.0. The average Bonchev–Trinajstić information content (AvgIpc) is 2.39. The maximum absolute atomic E-state index is 9.67. The van der Waals surface area contributed by atoms with Gasteiger partial charge in [-0.1, -0.05) is 6.07 Å². The van der Waals surface area contributed by atoms with Crippen LogP contribution in [0.15, 0.2) is 30.7 Å². The van der Waals surface area contributed by atoms with Gasteiger partial charge in [0.25, 0.3) is 0 Å². The number of benzene rings is 1. The van der Waals surface area contributed by atoms with Crippen molar-refractivity contribution in [3.05, 3.63) is 42.0 Å². The maximum Gasteiger partial charge on any atom is 0.115 e. The normalized spacial score (nSPS) is 11.1. The molecule has 1 N–H and O–H groups in total. The molecule has 4 heteroatoms. The summed E-state index contributed by atoms with van der Waals surface area (Å²) in [5.41, 5.74) is 2.67. The largest absolute Gasteiger partial charge is 0.508 e. The number of aryl methyl sites for hydroxylation is 1. The number of nitrogens with zero attached hydrogens (tertiary/aromatic N) is 3. The molecule has 96 valence electrons. The second kappa shape index (κ2) is 4.69. The third-order valence-electron chi connectivity index (χ3n) is 3.16. The number of rotatable bonds is 2. The number of hydrogen-bond donors (Lipinski definition) is 1. The summed E-state index contributed by atoms with van der Waals surface area (Å²) in [6, 6.07) is 7.30. The van der Waals surface area contributed by atoms with E-state index in [4.69, 9.17) is 0 Å². The quantitative estimate of drug-likeness (QED) is 0.893. The first kappa shape index (κ1) is 13.0. The van der Waals surface area contributed by atoms with E-state index in [0.717, 1.165) is 22.4 Å². The molecular weight excluding hydrogens is 238 g/mol. The molecule has 0 unspecified atom stereocenters. The minimum atomic E-state index is -0.698. The molecule has 2 rings (SSSR count). The van der Waals surface area contributed by atoms with E-state index in [9.17, 15) is 10.4 Å². The summed E-state index contributed by atoms with van der Waals surface area (Å²) < 4.78 is 0. The van der Waals surface area contributed by atoms with E-state index < -0.39 is 5.41 Å². The van der Waals surface area contributed by atoms with Crippen LogP contribution in [-0.2, 0) is 5.41 Å². The molecule has 1 aromatic heterocycles. The Kier molecular flexibility index (Phi) is 3.22. The summed E-state index contributed by atoms with van der Waals surface area (Å²) in [5.74, 6) is 0.150. The van der Waals surface area contributed by atoms with Crippen molar-refractivity contribution in [1.29, 1.82) is 5.26 Å². The van der Waals surface area contributed by atoms with Crippen LogP contribution in [0.1, 0.15) is 25.1 Å². The van der Waals surface area contributed by atoms with Gasteiger partial charge in [0.1, 0.15) is 12.1 Å². The molecule has 0 aliphatic heterocycles. The van der Waals surface area contributed by atoms with Crippen molar-refractivity contribution < 1.29 is 5.11 Å². The van der Waals surface area contributed by atoms with E-state index >= 15 is 0 Å². The summed E-state index contributed by atoms with van der Waals surface area (Å²) in [6.07, 6.45) is 3.22. The van der Waals surface area contributed by atoms with Gasteiger partial charge in [0.2, 0.25) is 0 Å². The van der Waals surface area contributed by atoms with E-state index in [0.29, 0.717) is 0 Å². The van der Waals surface area contributed by atoms with Crippen LogP contribution >= 0.6 is 0 Å². The Morgan fingerprint density at radius 1 is 1.26 bits per heavy atom. The predicted octanol–water partition coefficient (Wildman–Crippen LogP) is 2.96. The number of nitriles is 1. The van der Waals surface area contributed by atoms with Crippen LogP contribution in [0.25, 0.3) is 11.1 Å². The van der Waals surface area contributed by atoms with Crippen LogP contribution in [0.4, 0.5) is 0 Å². The number of hydrogen-bond acceptors (Lipinski definition) is 4. The molecule has 19 heavy (non-hydrogen) atoms. The third-order valence-corrected chi connectivity index (χ3v) is 3.16. The molecule has 0 aliphatic carbocycles. The van der Waals surface area contributed by atoms with Crippen LogP contribution in [0.3, 0.4) is 0 Å². The molecule has 0 saturated heterocycles.